The standard InChI is InChI=1S/C10H11F4NO.ClH/c11-7-3-1-2-6(9(7)16)8(15)4-5-10(12,13)14;/h1-3,8,16H,4-5,15H2;1H/t8-;/m0./s1. The van der Waals surface area contributed by atoms with Gasteiger partial charge < -0.3 is 10.8 Å². The van der Waals surface area contributed by atoms with Gasteiger partial charge in [-0.05, 0) is 12.5 Å². The summed E-state index contributed by atoms with van der Waals surface area (Å²) in [4.78, 5) is 0. The van der Waals surface area contributed by atoms with E-state index < -0.39 is 30.2 Å². The Labute approximate surface area is 102 Å². The highest BCUT2D eigenvalue weighted by Crippen LogP contribution is 2.31. The van der Waals surface area contributed by atoms with Gasteiger partial charge in [-0.15, -0.1) is 12.4 Å². The molecule has 0 aliphatic carbocycles. The van der Waals surface area contributed by atoms with Crippen molar-refractivity contribution >= 4 is 12.4 Å². The number of benzene rings is 1. The lowest BCUT2D eigenvalue weighted by atomic mass is 10.0. The summed E-state index contributed by atoms with van der Waals surface area (Å²) in [5.41, 5.74) is 5.44. The van der Waals surface area contributed by atoms with Crippen molar-refractivity contribution in [1.29, 1.82) is 0 Å². The van der Waals surface area contributed by atoms with E-state index in [1.807, 2.05) is 0 Å². The summed E-state index contributed by atoms with van der Waals surface area (Å²) in [5, 5.41) is 9.26. The highest BCUT2D eigenvalue weighted by Gasteiger charge is 2.28. The molecule has 1 aromatic rings. The van der Waals surface area contributed by atoms with Gasteiger partial charge in [-0.3, -0.25) is 0 Å². The molecule has 3 N–H and O–H groups in total. The monoisotopic (exact) mass is 273 g/mol. The molecule has 0 aromatic heterocycles. The molecule has 0 aliphatic heterocycles. The Kier molecular flexibility index (Phi) is 5.71. The van der Waals surface area contributed by atoms with Crippen molar-refractivity contribution in [2.24, 2.45) is 5.73 Å². The molecule has 98 valence electrons. The summed E-state index contributed by atoms with van der Waals surface area (Å²) in [5.74, 6) is -1.57. The van der Waals surface area contributed by atoms with E-state index in [0.717, 1.165) is 6.07 Å². The summed E-state index contributed by atoms with van der Waals surface area (Å²) >= 11 is 0. The van der Waals surface area contributed by atoms with Crippen LogP contribution in [0.3, 0.4) is 0 Å². The summed E-state index contributed by atoms with van der Waals surface area (Å²) in [6, 6.07) is 2.57. The van der Waals surface area contributed by atoms with Crippen LogP contribution >= 0.6 is 12.4 Å². The Morgan fingerprint density at radius 2 is 1.88 bits per heavy atom. The first-order valence-corrected chi connectivity index (χ1v) is 4.61. The van der Waals surface area contributed by atoms with Gasteiger partial charge in [0.2, 0.25) is 0 Å². The summed E-state index contributed by atoms with van der Waals surface area (Å²) < 4.78 is 48.6. The SMILES string of the molecule is Cl.N[C@@H](CCC(F)(F)F)c1cccc(F)c1O. The molecule has 0 saturated carbocycles. The largest absolute Gasteiger partial charge is 0.505 e. The third-order valence-corrected chi connectivity index (χ3v) is 2.16. The fourth-order valence-corrected chi connectivity index (χ4v) is 1.31. The molecule has 1 aromatic carbocycles. The minimum Gasteiger partial charge on any atom is -0.505 e. The quantitative estimate of drug-likeness (QED) is 0.830. The van der Waals surface area contributed by atoms with Crippen LogP contribution in [0.5, 0.6) is 5.75 Å². The Balaban J connectivity index is 0.00000256. The average Bonchev–Trinajstić information content (AvgIpc) is 2.17. The van der Waals surface area contributed by atoms with Crippen LogP contribution in [-0.2, 0) is 0 Å². The Morgan fingerprint density at radius 3 is 2.41 bits per heavy atom. The van der Waals surface area contributed by atoms with Gasteiger partial charge in [0.1, 0.15) is 0 Å². The van der Waals surface area contributed by atoms with Crippen LogP contribution in [0, 0.1) is 5.82 Å². The number of halogens is 5. The minimum atomic E-state index is -4.30. The normalized spacial score (nSPS) is 13.0. The first kappa shape index (κ1) is 16.0. The number of hydrogen-bond acceptors (Lipinski definition) is 2. The number of phenols is 1. The van der Waals surface area contributed by atoms with Crippen LogP contribution in [0.25, 0.3) is 0 Å². The van der Waals surface area contributed by atoms with Gasteiger partial charge in [0.25, 0.3) is 0 Å². The van der Waals surface area contributed by atoms with E-state index in [1.165, 1.54) is 12.1 Å². The third-order valence-electron chi connectivity index (χ3n) is 2.16. The van der Waals surface area contributed by atoms with Crippen LogP contribution in [0.4, 0.5) is 17.6 Å². The minimum absolute atomic E-state index is 0. The second kappa shape index (κ2) is 6.07. The second-order valence-corrected chi connectivity index (χ2v) is 3.44. The fraction of sp³-hybridized carbons (Fsp3) is 0.400. The smallest absolute Gasteiger partial charge is 0.389 e. The van der Waals surface area contributed by atoms with Gasteiger partial charge in [-0.25, -0.2) is 4.39 Å². The lowest BCUT2D eigenvalue weighted by Crippen LogP contribution is -2.16. The predicted octanol–water partition coefficient (Wildman–Crippen LogP) is 3.30. The first-order chi connectivity index (χ1) is 7.31. The molecule has 0 unspecified atom stereocenters. The van der Waals surface area contributed by atoms with E-state index in [4.69, 9.17) is 5.73 Å². The molecule has 0 spiro atoms. The van der Waals surface area contributed by atoms with Crippen LogP contribution in [-0.4, -0.2) is 11.3 Å². The van der Waals surface area contributed by atoms with Gasteiger partial charge in [-0.1, -0.05) is 12.1 Å². The summed E-state index contributed by atoms with van der Waals surface area (Å²) in [6.45, 7) is 0. The zero-order valence-corrected chi connectivity index (χ0v) is 9.48. The number of rotatable bonds is 3. The number of alkyl halides is 3. The van der Waals surface area contributed by atoms with Gasteiger partial charge in [0.05, 0.1) is 0 Å². The molecule has 0 heterocycles. The highest BCUT2D eigenvalue weighted by molar-refractivity contribution is 5.85. The fourth-order valence-electron chi connectivity index (χ4n) is 1.31. The van der Waals surface area contributed by atoms with Gasteiger partial charge in [-0.2, -0.15) is 13.2 Å². The molecule has 7 heteroatoms. The average molecular weight is 274 g/mol. The highest BCUT2D eigenvalue weighted by atomic mass is 35.5. The molecule has 0 bridgehead atoms. The van der Waals surface area contributed by atoms with E-state index in [1.54, 1.807) is 0 Å². The van der Waals surface area contributed by atoms with Gasteiger partial charge in [0.15, 0.2) is 11.6 Å². The van der Waals surface area contributed by atoms with E-state index in [0.29, 0.717) is 0 Å². The number of nitrogens with two attached hydrogens (primary N) is 1. The van der Waals surface area contributed by atoms with Gasteiger partial charge in [0, 0.05) is 18.0 Å². The maximum absolute atomic E-state index is 12.9. The summed E-state index contributed by atoms with van der Waals surface area (Å²) in [6.07, 6.45) is -5.76. The van der Waals surface area contributed by atoms with E-state index in [2.05, 4.69) is 0 Å². The van der Waals surface area contributed by atoms with Crippen molar-refractivity contribution in [3.8, 4) is 5.75 Å². The molecule has 0 amide bonds. The number of hydrogen-bond donors (Lipinski definition) is 2. The zero-order chi connectivity index (χ0) is 12.3. The molecule has 1 atom stereocenters. The zero-order valence-electron chi connectivity index (χ0n) is 8.67. The molecule has 0 radical (unpaired) electrons. The second-order valence-electron chi connectivity index (χ2n) is 3.44. The molecule has 2 nitrogen and oxygen atoms in total. The van der Waals surface area contributed by atoms with Crippen molar-refractivity contribution in [1.82, 2.24) is 0 Å². The number of aromatic hydroxyl groups is 1. The van der Waals surface area contributed by atoms with Crippen molar-refractivity contribution < 1.29 is 22.7 Å². The van der Waals surface area contributed by atoms with Crippen LogP contribution in [0.1, 0.15) is 24.4 Å². The number of para-hydroxylation sites is 1. The molecule has 17 heavy (non-hydrogen) atoms. The maximum atomic E-state index is 12.9. The molecule has 0 fully saturated rings. The predicted molar refractivity (Wildman–Crippen MR) is 57.5 cm³/mol. The molecule has 0 saturated heterocycles. The van der Waals surface area contributed by atoms with Crippen molar-refractivity contribution in [2.75, 3.05) is 0 Å². The van der Waals surface area contributed by atoms with Crippen LogP contribution in [0.15, 0.2) is 18.2 Å². The molecule has 0 aliphatic rings. The first-order valence-electron chi connectivity index (χ1n) is 4.61. The Bertz CT molecular complexity index is 370. The van der Waals surface area contributed by atoms with Crippen LogP contribution < -0.4 is 5.73 Å². The lowest BCUT2D eigenvalue weighted by Gasteiger charge is -2.14. The van der Waals surface area contributed by atoms with Gasteiger partial charge >= 0.3 is 6.18 Å². The third kappa shape index (κ3) is 4.79. The molecule has 1 rings (SSSR count). The lowest BCUT2D eigenvalue weighted by molar-refractivity contribution is -0.136. The van der Waals surface area contributed by atoms with E-state index >= 15 is 0 Å². The van der Waals surface area contributed by atoms with Crippen LogP contribution in [0.2, 0.25) is 0 Å². The van der Waals surface area contributed by atoms with Crippen molar-refractivity contribution in [3.63, 3.8) is 0 Å². The molecular weight excluding hydrogens is 262 g/mol. The van der Waals surface area contributed by atoms with Crippen molar-refractivity contribution in [2.45, 2.75) is 25.1 Å². The maximum Gasteiger partial charge on any atom is 0.389 e. The summed E-state index contributed by atoms with van der Waals surface area (Å²) in [7, 11) is 0. The Hall–Kier alpha value is -1.01. The number of phenolic OH excluding ortho intramolecular Hbond substituents is 1. The van der Waals surface area contributed by atoms with Crippen molar-refractivity contribution in [3.05, 3.63) is 29.6 Å². The van der Waals surface area contributed by atoms with E-state index in [-0.39, 0.29) is 24.4 Å². The molecular formula is C10H12ClF4NO. The van der Waals surface area contributed by atoms with E-state index in [9.17, 15) is 22.7 Å². The Morgan fingerprint density at radius 1 is 1.29 bits per heavy atom. The topological polar surface area (TPSA) is 46.2 Å².